The van der Waals surface area contributed by atoms with Crippen molar-refractivity contribution in [3.8, 4) is 17.2 Å². The standard InChI is InChI=1S/C18H18N2O3/c1-21-16-7-6-15(19)18(22-2)14(16)11-23-17-5-3-4-12-10-20-9-8-13(12)17/h3-10H,11,19H2,1-2H3. The van der Waals surface area contributed by atoms with E-state index in [2.05, 4.69) is 4.98 Å². The molecule has 0 aliphatic carbocycles. The summed E-state index contributed by atoms with van der Waals surface area (Å²) in [7, 11) is 3.19. The molecule has 0 aliphatic heterocycles. The highest BCUT2D eigenvalue weighted by atomic mass is 16.5. The molecular formula is C18H18N2O3. The van der Waals surface area contributed by atoms with E-state index in [4.69, 9.17) is 19.9 Å². The molecule has 0 aliphatic rings. The molecule has 5 heteroatoms. The van der Waals surface area contributed by atoms with Crippen LogP contribution in [-0.2, 0) is 6.61 Å². The van der Waals surface area contributed by atoms with Crippen LogP contribution in [0.1, 0.15) is 5.56 Å². The van der Waals surface area contributed by atoms with Gasteiger partial charge in [-0.05, 0) is 24.3 Å². The molecule has 0 radical (unpaired) electrons. The number of pyridine rings is 1. The number of anilines is 1. The smallest absolute Gasteiger partial charge is 0.152 e. The SMILES string of the molecule is COc1ccc(N)c(OC)c1COc1cccc2cnccc12. The van der Waals surface area contributed by atoms with Crippen LogP contribution < -0.4 is 19.9 Å². The summed E-state index contributed by atoms with van der Waals surface area (Å²) < 4.78 is 16.8. The Morgan fingerprint density at radius 1 is 1.00 bits per heavy atom. The summed E-state index contributed by atoms with van der Waals surface area (Å²) in [5.74, 6) is 2.03. The van der Waals surface area contributed by atoms with Crippen LogP contribution in [0.25, 0.3) is 10.8 Å². The Hall–Kier alpha value is -2.95. The van der Waals surface area contributed by atoms with E-state index in [-0.39, 0.29) is 0 Å². The third kappa shape index (κ3) is 2.85. The highest BCUT2D eigenvalue weighted by Gasteiger charge is 2.14. The van der Waals surface area contributed by atoms with Crippen LogP contribution in [0.2, 0.25) is 0 Å². The Bertz CT molecular complexity index is 828. The summed E-state index contributed by atoms with van der Waals surface area (Å²) in [5.41, 5.74) is 7.30. The predicted molar refractivity (Wildman–Crippen MR) is 90.0 cm³/mol. The summed E-state index contributed by atoms with van der Waals surface area (Å²) in [4.78, 5) is 4.13. The quantitative estimate of drug-likeness (QED) is 0.731. The summed E-state index contributed by atoms with van der Waals surface area (Å²) in [6.07, 6.45) is 3.56. The second-order valence-corrected chi connectivity index (χ2v) is 5.01. The third-order valence-corrected chi connectivity index (χ3v) is 3.68. The summed E-state index contributed by atoms with van der Waals surface area (Å²) in [6.45, 7) is 0.290. The van der Waals surface area contributed by atoms with E-state index in [0.29, 0.717) is 23.8 Å². The summed E-state index contributed by atoms with van der Waals surface area (Å²) >= 11 is 0. The number of rotatable bonds is 5. The lowest BCUT2D eigenvalue weighted by atomic mass is 10.1. The number of hydrogen-bond donors (Lipinski definition) is 1. The fourth-order valence-corrected chi connectivity index (χ4v) is 2.57. The van der Waals surface area contributed by atoms with Gasteiger partial charge in [0.15, 0.2) is 5.75 Å². The highest BCUT2D eigenvalue weighted by Crippen LogP contribution is 2.35. The van der Waals surface area contributed by atoms with Crippen LogP contribution in [0.15, 0.2) is 48.8 Å². The molecule has 0 bridgehead atoms. The van der Waals surface area contributed by atoms with Gasteiger partial charge >= 0.3 is 0 Å². The number of fused-ring (bicyclic) bond motifs is 1. The van der Waals surface area contributed by atoms with Gasteiger partial charge < -0.3 is 19.9 Å². The molecule has 0 spiro atoms. The Balaban J connectivity index is 1.95. The molecule has 0 unspecified atom stereocenters. The Labute approximate surface area is 134 Å². The molecule has 0 atom stereocenters. The van der Waals surface area contributed by atoms with E-state index >= 15 is 0 Å². The van der Waals surface area contributed by atoms with Crippen molar-refractivity contribution in [2.24, 2.45) is 0 Å². The maximum atomic E-state index is 6.00. The highest BCUT2D eigenvalue weighted by molar-refractivity contribution is 5.87. The fourth-order valence-electron chi connectivity index (χ4n) is 2.57. The molecule has 5 nitrogen and oxygen atoms in total. The number of benzene rings is 2. The van der Waals surface area contributed by atoms with Gasteiger partial charge in [-0.25, -0.2) is 0 Å². The minimum atomic E-state index is 0.290. The molecule has 2 aromatic carbocycles. The van der Waals surface area contributed by atoms with Crippen molar-refractivity contribution < 1.29 is 14.2 Å². The molecule has 0 amide bonds. The molecule has 0 saturated heterocycles. The molecule has 23 heavy (non-hydrogen) atoms. The van der Waals surface area contributed by atoms with Gasteiger partial charge in [0.2, 0.25) is 0 Å². The van der Waals surface area contributed by atoms with Crippen LogP contribution in [0, 0.1) is 0 Å². The average molecular weight is 310 g/mol. The molecule has 1 heterocycles. The number of nitrogens with zero attached hydrogens (tertiary/aromatic N) is 1. The maximum absolute atomic E-state index is 6.00. The zero-order valence-electron chi connectivity index (χ0n) is 13.1. The zero-order valence-corrected chi connectivity index (χ0v) is 13.1. The second kappa shape index (κ2) is 6.44. The first-order valence-electron chi connectivity index (χ1n) is 7.19. The number of nitrogens with two attached hydrogens (primary N) is 1. The van der Waals surface area contributed by atoms with Gasteiger partial charge in [0, 0.05) is 23.2 Å². The van der Waals surface area contributed by atoms with E-state index in [0.717, 1.165) is 22.1 Å². The average Bonchev–Trinajstić information content (AvgIpc) is 2.60. The van der Waals surface area contributed by atoms with Gasteiger partial charge in [-0.15, -0.1) is 0 Å². The molecule has 0 saturated carbocycles. The van der Waals surface area contributed by atoms with Crippen LogP contribution >= 0.6 is 0 Å². The molecule has 118 valence electrons. The summed E-state index contributed by atoms with van der Waals surface area (Å²) in [6, 6.07) is 11.4. The minimum absolute atomic E-state index is 0.290. The van der Waals surface area contributed by atoms with Crippen LogP contribution in [0.3, 0.4) is 0 Å². The first-order chi connectivity index (χ1) is 11.2. The number of methoxy groups -OCH3 is 2. The topological polar surface area (TPSA) is 66.6 Å². The van der Waals surface area contributed by atoms with Crippen LogP contribution in [-0.4, -0.2) is 19.2 Å². The first-order valence-corrected chi connectivity index (χ1v) is 7.19. The van der Waals surface area contributed by atoms with Crippen molar-refractivity contribution in [2.75, 3.05) is 20.0 Å². The second-order valence-electron chi connectivity index (χ2n) is 5.01. The van der Waals surface area contributed by atoms with E-state index in [9.17, 15) is 0 Å². The Morgan fingerprint density at radius 2 is 1.87 bits per heavy atom. The van der Waals surface area contributed by atoms with Crippen molar-refractivity contribution in [1.29, 1.82) is 0 Å². The van der Waals surface area contributed by atoms with Crippen LogP contribution in [0.5, 0.6) is 17.2 Å². The fraction of sp³-hybridized carbons (Fsp3) is 0.167. The van der Waals surface area contributed by atoms with E-state index in [1.165, 1.54) is 0 Å². The third-order valence-electron chi connectivity index (χ3n) is 3.68. The lowest BCUT2D eigenvalue weighted by Gasteiger charge is -2.16. The molecular weight excluding hydrogens is 292 g/mol. The van der Waals surface area contributed by atoms with Crippen molar-refractivity contribution in [3.63, 3.8) is 0 Å². The Kier molecular flexibility index (Phi) is 4.19. The molecule has 0 fully saturated rings. The van der Waals surface area contributed by atoms with Gasteiger partial charge in [0.05, 0.1) is 25.5 Å². The van der Waals surface area contributed by atoms with Crippen LogP contribution in [0.4, 0.5) is 5.69 Å². The monoisotopic (exact) mass is 310 g/mol. The predicted octanol–water partition coefficient (Wildman–Crippen LogP) is 3.41. The van der Waals surface area contributed by atoms with Gasteiger partial charge in [-0.3, -0.25) is 4.98 Å². The van der Waals surface area contributed by atoms with Gasteiger partial charge in [-0.1, -0.05) is 12.1 Å². The van der Waals surface area contributed by atoms with Crippen molar-refractivity contribution in [2.45, 2.75) is 6.61 Å². The number of nitrogen functional groups attached to an aromatic ring is 1. The largest absolute Gasteiger partial charge is 0.496 e. The molecule has 3 rings (SSSR count). The lowest BCUT2D eigenvalue weighted by Crippen LogP contribution is -2.04. The van der Waals surface area contributed by atoms with Gasteiger partial charge in [0.1, 0.15) is 18.1 Å². The van der Waals surface area contributed by atoms with E-state index < -0.39 is 0 Å². The number of aromatic nitrogens is 1. The Morgan fingerprint density at radius 3 is 2.65 bits per heavy atom. The van der Waals surface area contributed by atoms with E-state index in [1.54, 1.807) is 26.5 Å². The van der Waals surface area contributed by atoms with Gasteiger partial charge in [-0.2, -0.15) is 0 Å². The van der Waals surface area contributed by atoms with Crippen molar-refractivity contribution in [3.05, 3.63) is 54.4 Å². The zero-order chi connectivity index (χ0) is 16.2. The van der Waals surface area contributed by atoms with Crippen molar-refractivity contribution >= 4 is 16.5 Å². The van der Waals surface area contributed by atoms with Gasteiger partial charge in [0.25, 0.3) is 0 Å². The normalized spacial score (nSPS) is 10.5. The lowest BCUT2D eigenvalue weighted by molar-refractivity contribution is 0.289. The minimum Gasteiger partial charge on any atom is -0.496 e. The first kappa shape index (κ1) is 15.0. The maximum Gasteiger partial charge on any atom is 0.152 e. The van der Waals surface area contributed by atoms with Crippen molar-refractivity contribution in [1.82, 2.24) is 4.98 Å². The van der Waals surface area contributed by atoms with E-state index in [1.807, 2.05) is 36.5 Å². The molecule has 1 aromatic heterocycles. The number of hydrogen-bond acceptors (Lipinski definition) is 5. The molecule has 2 N–H and O–H groups in total. The number of ether oxygens (including phenoxy) is 3. The molecule has 3 aromatic rings. The summed E-state index contributed by atoms with van der Waals surface area (Å²) in [5, 5.41) is 2.03.